The molecule has 1 N–H and O–H groups in total. The largest absolute Gasteiger partial charge is 0.370 e. The van der Waals surface area contributed by atoms with Gasteiger partial charge < -0.3 is 10.2 Å². The maximum atomic E-state index is 13.0. The first kappa shape index (κ1) is 22.8. The third-order valence-corrected chi connectivity index (χ3v) is 7.58. The highest BCUT2D eigenvalue weighted by atomic mass is 32.2. The van der Waals surface area contributed by atoms with Gasteiger partial charge >= 0.3 is 0 Å². The smallest absolute Gasteiger partial charge is 0.255 e. The predicted molar refractivity (Wildman–Crippen MR) is 122 cm³/mol. The molecule has 7 nitrogen and oxygen atoms in total. The summed E-state index contributed by atoms with van der Waals surface area (Å²) in [5, 5.41) is 11.9. The summed E-state index contributed by atoms with van der Waals surface area (Å²) >= 11 is 0. The number of nitriles is 1. The molecular weight excluding hydrogens is 412 g/mol. The van der Waals surface area contributed by atoms with E-state index in [0.29, 0.717) is 29.9 Å². The molecule has 0 spiro atoms. The molecule has 0 aliphatic carbocycles. The molecule has 0 saturated carbocycles. The van der Waals surface area contributed by atoms with E-state index in [-0.39, 0.29) is 10.8 Å². The number of sulfonamides is 1. The summed E-state index contributed by atoms with van der Waals surface area (Å²) in [7, 11) is -3.65. The SMILES string of the molecule is CCN(CC)S(=O)(=O)c1ccc(N2CCCCC2)c(NC(=O)c2ccc(C#N)cc2)c1. The minimum Gasteiger partial charge on any atom is -0.370 e. The van der Waals surface area contributed by atoms with Gasteiger partial charge in [0, 0.05) is 31.7 Å². The Balaban J connectivity index is 1.99. The maximum Gasteiger partial charge on any atom is 0.255 e. The lowest BCUT2D eigenvalue weighted by Gasteiger charge is -2.31. The molecule has 0 unspecified atom stereocenters. The average molecular weight is 441 g/mol. The summed E-state index contributed by atoms with van der Waals surface area (Å²) in [6.45, 7) is 6.08. The minimum atomic E-state index is -3.65. The molecule has 1 heterocycles. The van der Waals surface area contributed by atoms with Crippen molar-refractivity contribution in [3.63, 3.8) is 0 Å². The summed E-state index contributed by atoms with van der Waals surface area (Å²) in [5.41, 5.74) is 2.17. The van der Waals surface area contributed by atoms with E-state index in [2.05, 4.69) is 10.2 Å². The Kier molecular flexibility index (Phi) is 7.31. The van der Waals surface area contributed by atoms with Crippen LogP contribution in [0.25, 0.3) is 0 Å². The lowest BCUT2D eigenvalue weighted by molar-refractivity contribution is 0.102. The standard InChI is InChI=1S/C23H28N4O3S/c1-3-27(4-2)31(29,30)20-12-13-22(26-14-6-5-7-15-26)21(16-20)25-23(28)19-10-8-18(17-24)9-11-19/h8-13,16H,3-7,14-15H2,1-2H3,(H,25,28). The van der Waals surface area contributed by atoms with E-state index in [0.717, 1.165) is 38.0 Å². The Hall–Kier alpha value is -2.89. The van der Waals surface area contributed by atoms with Crippen LogP contribution in [-0.2, 0) is 10.0 Å². The van der Waals surface area contributed by atoms with E-state index in [9.17, 15) is 13.2 Å². The highest BCUT2D eigenvalue weighted by Crippen LogP contribution is 2.32. The normalized spacial score (nSPS) is 14.3. The molecule has 1 amide bonds. The molecule has 1 aliphatic heterocycles. The number of benzene rings is 2. The van der Waals surface area contributed by atoms with E-state index in [1.54, 1.807) is 56.3 Å². The Morgan fingerprint density at radius 3 is 2.29 bits per heavy atom. The molecule has 2 aromatic rings. The van der Waals surface area contributed by atoms with E-state index in [4.69, 9.17) is 5.26 Å². The quantitative estimate of drug-likeness (QED) is 0.706. The van der Waals surface area contributed by atoms with Crippen LogP contribution in [0.4, 0.5) is 11.4 Å². The van der Waals surface area contributed by atoms with Crippen LogP contribution < -0.4 is 10.2 Å². The van der Waals surface area contributed by atoms with Gasteiger partial charge in [-0.15, -0.1) is 0 Å². The molecule has 8 heteroatoms. The van der Waals surface area contributed by atoms with Crippen LogP contribution in [0.15, 0.2) is 47.4 Å². The number of carbonyl (C=O) groups excluding carboxylic acids is 1. The molecule has 1 saturated heterocycles. The number of hydrogen-bond acceptors (Lipinski definition) is 5. The first-order valence-corrected chi connectivity index (χ1v) is 12.0. The van der Waals surface area contributed by atoms with Crippen LogP contribution in [0.3, 0.4) is 0 Å². The number of piperidine rings is 1. The second kappa shape index (κ2) is 9.94. The van der Waals surface area contributed by atoms with Crippen LogP contribution in [0, 0.1) is 11.3 Å². The first-order valence-electron chi connectivity index (χ1n) is 10.6. The lowest BCUT2D eigenvalue weighted by Crippen LogP contribution is -2.32. The fourth-order valence-electron chi connectivity index (χ4n) is 3.79. The lowest BCUT2D eigenvalue weighted by atomic mass is 10.1. The zero-order valence-corrected chi connectivity index (χ0v) is 18.8. The van der Waals surface area contributed by atoms with Gasteiger partial charge in [-0.2, -0.15) is 9.57 Å². The predicted octanol–water partition coefficient (Wildman–Crippen LogP) is 3.83. The van der Waals surface area contributed by atoms with Crippen LogP contribution in [0.2, 0.25) is 0 Å². The zero-order chi connectivity index (χ0) is 22.4. The van der Waals surface area contributed by atoms with Gasteiger partial charge in [-0.25, -0.2) is 8.42 Å². The number of amides is 1. The summed E-state index contributed by atoms with van der Waals surface area (Å²) in [6, 6.07) is 13.3. The molecule has 1 aliphatic rings. The van der Waals surface area contributed by atoms with E-state index < -0.39 is 10.0 Å². The van der Waals surface area contributed by atoms with Crippen molar-refractivity contribution in [2.24, 2.45) is 0 Å². The molecule has 0 atom stereocenters. The molecular formula is C23H28N4O3S. The Labute approximate surface area is 184 Å². The number of nitrogens with zero attached hydrogens (tertiary/aromatic N) is 3. The number of anilines is 2. The van der Waals surface area contributed by atoms with Gasteiger partial charge in [0.05, 0.1) is 27.9 Å². The number of carbonyl (C=O) groups is 1. The van der Waals surface area contributed by atoms with Crippen molar-refractivity contribution >= 4 is 27.3 Å². The highest BCUT2D eigenvalue weighted by Gasteiger charge is 2.24. The summed E-state index contributed by atoms with van der Waals surface area (Å²) < 4.78 is 27.5. The van der Waals surface area contributed by atoms with Gasteiger partial charge in [-0.1, -0.05) is 13.8 Å². The number of nitrogens with one attached hydrogen (secondary N) is 1. The van der Waals surface area contributed by atoms with Crippen molar-refractivity contribution in [2.75, 3.05) is 36.4 Å². The highest BCUT2D eigenvalue weighted by molar-refractivity contribution is 7.89. The van der Waals surface area contributed by atoms with Crippen molar-refractivity contribution in [1.29, 1.82) is 5.26 Å². The Morgan fingerprint density at radius 2 is 1.71 bits per heavy atom. The fraction of sp³-hybridized carbons (Fsp3) is 0.391. The zero-order valence-electron chi connectivity index (χ0n) is 18.0. The summed E-state index contributed by atoms with van der Waals surface area (Å²) in [6.07, 6.45) is 3.28. The molecule has 2 aromatic carbocycles. The number of rotatable bonds is 7. The fourth-order valence-corrected chi connectivity index (χ4v) is 5.27. The molecule has 0 bridgehead atoms. The molecule has 164 valence electrons. The second-order valence-corrected chi connectivity index (χ2v) is 9.40. The topological polar surface area (TPSA) is 93.5 Å². The first-order chi connectivity index (χ1) is 14.9. The Bertz CT molecular complexity index is 1060. The second-order valence-electron chi connectivity index (χ2n) is 7.46. The van der Waals surface area contributed by atoms with Gasteiger partial charge in [0.1, 0.15) is 0 Å². The van der Waals surface area contributed by atoms with Crippen LogP contribution in [0.5, 0.6) is 0 Å². The Morgan fingerprint density at radius 1 is 1.06 bits per heavy atom. The van der Waals surface area contributed by atoms with Crippen molar-refractivity contribution in [3.05, 3.63) is 53.6 Å². The van der Waals surface area contributed by atoms with E-state index in [1.807, 2.05) is 6.07 Å². The maximum absolute atomic E-state index is 13.0. The van der Waals surface area contributed by atoms with Crippen LogP contribution >= 0.6 is 0 Å². The minimum absolute atomic E-state index is 0.159. The average Bonchev–Trinajstić information content (AvgIpc) is 2.80. The van der Waals surface area contributed by atoms with Crippen molar-refractivity contribution in [3.8, 4) is 6.07 Å². The van der Waals surface area contributed by atoms with Gasteiger partial charge in [0.2, 0.25) is 10.0 Å². The number of hydrogen-bond donors (Lipinski definition) is 1. The van der Waals surface area contributed by atoms with Gasteiger partial charge in [-0.3, -0.25) is 4.79 Å². The monoisotopic (exact) mass is 440 g/mol. The summed E-state index contributed by atoms with van der Waals surface area (Å²) in [4.78, 5) is 15.2. The van der Waals surface area contributed by atoms with E-state index in [1.165, 1.54) is 4.31 Å². The third kappa shape index (κ3) is 5.06. The molecule has 0 radical (unpaired) electrons. The van der Waals surface area contributed by atoms with Crippen molar-refractivity contribution in [2.45, 2.75) is 38.0 Å². The third-order valence-electron chi connectivity index (χ3n) is 5.53. The van der Waals surface area contributed by atoms with Gasteiger partial charge in [0.25, 0.3) is 5.91 Å². The molecule has 0 aromatic heterocycles. The summed E-state index contributed by atoms with van der Waals surface area (Å²) in [5.74, 6) is -0.347. The van der Waals surface area contributed by atoms with E-state index >= 15 is 0 Å². The van der Waals surface area contributed by atoms with Crippen LogP contribution in [-0.4, -0.2) is 44.8 Å². The molecule has 3 rings (SSSR count). The molecule has 1 fully saturated rings. The van der Waals surface area contributed by atoms with Gasteiger partial charge in [-0.05, 0) is 61.7 Å². The van der Waals surface area contributed by atoms with Crippen molar-refractivity contribution < 1.29 is 13.2 Å². The molecule has 31 heavy (non-hydrogen) atoms. The van der Waals surface area contributed by atoms with Crippen LogP contribution in [0.1, 0.15) is 49.0 Å². The van der Waals surface area contributed by atoms with Crippen molar-refractivity contribution in [1.82, 2.24) is 4.31 Å². The van der Waals surface area contributed by atoms with Gasteiger partial charge in [0.15, 0.2) is 0 Å².